The Labute approximate surface area is 119 Å². The molecule has 0 bridgehead atoms. The van der Waals surface area contributed by atoms with Crippen LogP contribution in [0.15, 0.2) is 18.2 Å². The van der Waals surface area contributed by atoms with Gasteiger partial charge in [-0.05, 0) is 25.1 Å². The van der Waals surface area contributed by atoms with Gasteiger partial charge in [0.05, 0.1) is 12.7 Å². The molecule has 0 saturated carbocycles. The summed E-state index contributed by atoms with van der Waals surface area (Å²) in [7, 11) is 1.54. The van der Waals surface area contributed by atoms with Crippen molar-refractivity contribution in [2.45, 2.75) is 13.0 Å². The van der Waals surface area contributed by atoms with Gasteiger partial charge in [-0.25, -0.2) is 0 Å². The highest BCUT2D eigenvalue weighted by molar-refractivity contribution is 5.97. The van der Waals surface area contributed by atoms with Gasteiger partial charge < -0.3 is 20.1 Å². The zero-order chi connectivity index (χ0) is 13.1. The first-order valence-electron chi connectivity index (χ1n) is 6.02. The van der Waals surface area contributed by atoms with E-state index in [1.807, 2.05) is 6.92 Å². The summed E-state index contributed by atoms with van der Waals surface area (Å²) in [5.41, 5.74) is 0.295. The highest BCUT2D eigenvalue weighted by Gasteiger charge is 2.26. The van der Waals surface area contributed by atoms with Crippen LogP contribution in [0.25, 0.3) is 0 Å². The molecule has 5 nitrogen and oxygen atoms in total. The zero-order valence-corrected chi connectivity index (χ0v) is 11.9. The predicted octanol–water partition coefficient (Wildman–Crippen LogP) is 1.26. The third-order valence-electron chi connectivity index (χ3n) is 3.20. The molecule has 6 heteroatoms. The molecular formula is C13H19ClN2O3. The van der Waals surface area contributed by atoms with Gasteiger partial charge in [0, 0.05) is 25.7 Å². The van der Waals surface area contributed by atoms with Crippen LogP contribution in [0.1, 0.15) is 17.3 Å². The third kappa shape index (κ3) is 3.30. The van der Waals surface area contributed by atoms with E-state index in [1.54, 1.807) is 17.0 Å². The predicted molar refractivity (Wildman–Crippen MR) is 75.3 cm³/mol. The molecule has 1 amide bonds. The van der Waals surface area contributed by atoms with Gasteiger partial charge in [-0.3, -0.25) is 4.79 Å². The Kier molecular flexibility index (Phi) is 5.44. The summed E-state index contributed by atoms with van der Waals surface area (Å²) in [5, 5.41) is 13.0. The largest absolute Gasteiger partial charge is 0.507 e. The van der Waals surface area contributed by atoms with Gasteiger partial charge >= 0.3 is 0 Å². The second kappa shape index (κ2) is 6.63. The number of halogens is 1. The Morgan fingerprint density at radius 1 is 1.53 bits per heavy atom. The monoisotopic (exact) mass is 286 g/mol. The lowest BCUT2D eigenvalue weighted by Gasteiger charge is -2.34. The minimum atomic E-state index is -0.152. The number of carbonyl (C=O) groups is 1. The molecule has 1 aromatic carbocycles. The molecule has 1 atom stereocenters. The van der Waals surface area contributed by atoms with Crippen LogP contribution in [0.2, 0.25) is 0 Å². The number of hydrogen-bond acceptors (Lipinski definition) is 4. The number of hydrogen-bond donors (Lipinski definition) is 2. The van der Waals surface area contributed by atoms with Crippen molar-refractivity contribution in [2.75, 3.05) is 26.7 Å². The Hall–Kier alpha value is -1.46. The van der Waals surface area contributed by atoms with Crippen molar-refractivity contribution in [1.29, 1.82) is 0 Å². The molecule has 0 aliphatic carbocycles. The maximum absolute atomic E-state index is 12.4. The topological polar surface area (TPSA) is 61.8 Å². The van der Waals surface area contributed by atoms with Gasteiger partial charge in [0.2, 0.25) is 0 Å². The van der Waals surface area contributed by atoms with Crippen LogP contribution in [-0.2, 0) is 0 Å². The summed E-state index contributed by atoms with van der Waals surface area (Å²) in [6.07, 6.45) is 0. The van der Waals surface area contributed by atoms with Crippen molar-refractivity contribution in [3.63, 3.8) is 0 Å². The number of nitrogens with one attached hydrogen (secondary N) is 1. The van der Waals surface area contributed by atoms with Gasteiger partial charge in [-0.15, -0.1) is 12.4 Å². The minimum Gasteiger partial charge on any atom is -0.507 e. The van der Waals surface area contributed by atoms with Crippen LogP contribution in [0, 0.1) is 0 Å². The van der Waals surface area contributed by atoms with E-state index in [0.717, 1.165) is 13.1 Å². The van der Waals surface area contributed by atoms with Gasteiger partial charge in [-0.1, -0.05) is 0 Å². The summed E-state index contributed by atoms with van der Waals surface area (Å²) in [6.45, 7) is 4.19. The van der Waals surface area contributed by atoms with Crippen molar-refractivity contribution in [2.24, 2.45) is 0 Å². The first kappa shape index (κ1) is 15.6. The van der Waals surface area contributed by atoms with Gasteiger partial charge in [0.1, 0.15) is 11.5 Å². The second-order valence-electron chi connectivity index (χ2n) is 4.43. The number of aromatic hydroxyl groups is 1. The molecule has 1 aliphatic rings. The number of piperazine rings is 1. The Bertz CT molecular complexity index is 454. The molecule has 0 spiro atoms. The molecule has 1 aliphatic heterocycles. The first-order valence-corrected chi connectivity index (χ1v) is 6.02. The van der Waals surface area contributed by atoms with Crippen LogP contribution in [0.4, 0.5) is 0 Å². The normalized spacial score (nSPS) is 18.6. The van der Waals surface area contributed by atoms with E-state index < -0.39 is 0 Å². The second-order valence-corrected chi connectivity index (χ2v) is 4.43. The number of rotatable bonds is 2. The highest BCUT2D eigenvalue weighted by atomic mass is 35.5. The van der Waals surface area contributed by atoms with Crippen molar-refractivity contribution >= 4 is 18.3 Å². The van der Waals surface area contributed by atoms with E-state index in [2.05, 4.69) is 5.32 Å². The molecule has 1 heterocycles. The molecule has 2 N–H and O–H groups in total. The summed E-state index contributed by atoms with van der Waals surface area (Å²) in [4.78, 5) is 14.2. The van der Waals surface area contributed by atoms with Crippen LogP contribution < -0.4 is 10.1 Å². The summed E-state index contributed by atoms with van der Waals surface area (Å²) >= 11 is 0. The Morgan fingerprint density at radius 3 is 2.89 bits per heavy atom. The van der Waals surface area contributed by atoms with E-state index in [-0.39, 0.29) is 30.1 Å². The Morgan fingerprint density at radius 2 is 2.26 bits per heavy atom. The number of carbonyl (C=O) groups excluding carboxylic acids is 1. The molecule has 0 aromatic heterocycles. The summed E-state index contributed by atoms with van der Waals surface area (Å²) in [5.74, 6) is 0.408. The molecule has 1 saturated heterocycles. The van der Waals surface area contributed by atoms with E-state index in [4.69, 9.17) is 4.74 Å². The number of benzene rings is 1. The average Bonchev–Trinajstić information content (AvgIpc) is 2.39. The van der Waals surface area contributed by atoms with Crippen molar-refractivity contribution < 1.29 is 14.6 Å². The lowest BCUT2D eigenvalue weighted by molar-refractivity contribution is 0.0652. The standard InChI is InChI=1S/C13H18N2O3.ClH/c1-9-8-14-5-6-15(9)13(17)11-7-10(18-2)3-4-12(11)16;/h3-4,7,9,14,16H,5-6,8H2,1-2H3;1H. The number of phenolic OH excluding ortho intramolecular Hbond substituents is 1. The molecule has 1 fully saturated rings. The van der Waals surface area contributed by atoms with E-state index in [9.17, 15) is 9.90 Å². The van der Waals surface area contributed by atoms with Gasteiger partial charge in [-0.2, -0.15) is 0 Å². The molecule has 19 heavy (non-hydrogen) atoms. The van der Waals surface area contributed by atoms with Crippen molar-refractivity contribution in [1.82, 2.24) is 10.2 Å². The fourth-order valence-corrected chi connectivity index (χ4v) is 2.11. The maximum Gasteiger partial charge on any atom is 0.258 e. The summed E-state index contributed by atoms with van der Waals surface area (Å²) in [6, 6.07) is 4.82. The van der Waals surface area contributed by atoms with Crippen molar-refractivity contribution in [3.05, 3.63) is 23.8 Å². The van der Waals surface area contributed by atoms with Crippen LogP contribution in [0.3, 0.4) is 0 Å². The van der Waals surface area contributed by atoms with Gasteiger partial charge in [0.25, 0.3) is 5.91 Å². The van der Waals surface area contributed by atoms with Crippen LogP contribution in [0.5, 0.6) is 11.5 Å². The number of amides is 1. The minimum absolute atomic E-state index is 0. The number of nitrogens with zero attached hydrogens (tertiary/aromatic N) is 1. The quantitative estimate of drug-likeness (QED) is 0.859. The lowest BCUT2D eigenvalue weighted by atomic mass is 10.1. The fraction of sp³-hybridized carbons (Fsp3) is 0.462. The molecular weight excluding hydrogens is 268 g/mol. The summed E-state index contributed by atoms with van der Waals surface area (Å²) < 4.78 is 5.08. The fourth-order valence-electron chi connectivity index (χ4n) is 2.11. The number of ether oxygens (including phenoxy) is 1. The molecule has 106 valence electrons. The average molecular weight is 287 g/mol. The van der Waals surface area contributed by atoms with Crippen LogP contribution >= 0.6 is 12.4 Å². The molecule has 1 aromatic rings. The molecule has 1 unspecified atom stereocenters. The first-order chi connectivity index (χ1) is 8.63. The zero-order valence-electron chi connectivity index (χ0n) is 11.0. The number of methoxy groups -OCH3 is 1. The third-order valence-corrected chi connectivity index (χ3v) is 3.20. The lowest BCUT2D eigenvalue weighted by Crippen LogP contribution is -2.52. The Balaban J connectivity index is 0.00000180. The van der Waals surface area contributed by atoms with Gasteiger partial charge in [0.15, 0.2) is 0 Å². The van der Waals surface area contributed by atoms with Crippen molar-refractivity contribution in [3.8, 4) is 11.5 Å². The van der Waals surface area contributed by atoms with Crippen LogP contribution in [-0.4, -0.2) is 48.7 Å². The van der Waals surface area contributed by atoms with E-state index in [1.165, 1.54) is 13.2 Å². The van der Waals surface area contributed by atoms with E-state index >= 15 is 0 Å². The molecule has 0 radical (unpaired) electrons. The molecule has 2 rings (SSSR count). The smallest absolute Gasteiger partial charge is 0.258 e. The maximum atomic E-state index is 12.4. The number of phenols is 1. The highest BCUT2D eigenvalue weighted by Crippen LogP contribution is 2.25. The van der Waals surface area contributed by atoms with E-state index in [0.29, 0.717) is 17.9 Å². The SMILES string of the molecule is COc1ccc(O)c(C(=O)N2CCNCC2C)c1.Cl.